The molecule has 0 amide bonds. The van der Waals surface area contributed by atoms with Crippen molar-refractivity contribution in [3.8, 4) is 22.6 Å². The summed E-state index contributed by atoms with van der Waals surface area (Å²) in [5, 5.41) is 6.38. The fourth-order valence-electron chi connectivity index (χ4n) is 3.49. The molecule has 0 aliphatic heterocycles. The van der Waals surface area contributed by atoms with Crippen LogP contribution in [0.3, 0.4) is 0 Å². The van der Waals surface area contributed by atoms with Gasteiger partial charge in [0.1, 0.15) is 22.2 Å². The first-order valence-corrected chi connectivity index (χ1v) is 11.9. The van der Waals surface area contributed by atoms with Crippen molar-refractivity contribution in [1.29, 1.82) is 0 Å². The second-order valence-corrected chi connectivity index (χ2v) is 8.93. The van der Waals surface area contributed by atoms with Crippen LogP contribution in [0, 0.1) is 5.82 Å². The van der Waals surface area contributed by atoms with E-state index in [2.05, 4.69) is 30.3 Å². The van der Waals surface area contributed by atoms with Gasteiger partial charge in [0.05, 0.1) is 19.9 Å². The van der Waals surface area contributed by atoms with E-state index in [-0.39, 0.29) is 21.9 Å². The maximum absolute atomic E-state index is 15.7. The van der Waals surface area contributed by atoms with Crippen molar-refractivity contribution < 1.29 is 22.3 Å². The Morgan fingerprint density at radius 1 is 0.943 bits per heavy atom. The number of aromatic nitrogens is 3. The summed E-state index contributed by atoms with van der Waals surface area (Å²) in [6, 6.07) is 10.4. The van der Waals surface area contributed by atoms with E-state index in [0.717, 1.165) is 0 Å². The van der Waals surface area contributed by atoms with Gasteiger partial charge in [-0.3, -0.25) is 4.72 Å². The third kappa shape index (κ3) is 4.60. The predicted molar refractivity (Wildman–Crippen MR) is 132 cm³/mol. The topological polar surface area (TPSA) is 127 Å². The fourth-order valence-corrected chi connectivity index (χ4v) is 4.74. The van der Waals surface area contributed by atoms with Crippen LogP contribution in [0.2, 0.25) is 0 Å². The monoisotopic (exact) mass is 498 g/mol. The van der Waals surface area contributed by atoms with Gasteiger partial charge in [0, 0.05) is 42.9 Å². The van der Waals surface area contributed by atoms with Gasteiger partial charge in [-0.25, -0.2) is 22.8 Å². The van der Waals surface area contributed by atoms with Crippen LogP contribution < -0.4 is 24.8 Å². The number of anilines is 3. The Hall–Kier alpha value is -4.19. The van der Waals surface area contributed by atoms with Crippen LogP contribution in [0.5, 0.6) is 11.5 Å². The number of ether oxygens (including phenoxy) is 2. The van der Waals surface area contributed by atoms with E-state index in [1.54, 1.807) is 38.5 Å². The van der Waals surface area contributed by atoms with E-state index >= 15 is 4.39 Å². The quantitative estimate of drug-likeness (QED) is 0.333. The zero-order chi connectivity index (χ0) is 25.2. The molecule has 0 atom stereocenters. The Bertz CT molecular complexity index is 1510. The highest BCUT2D eigenvalue weighted by molar-refractivity contribution is 7.92. The molecule has 0 saturated carbocycles. The van der Waals surface area contributed by atoms with Crippen molar-refractivity contribution in [2.24, 2.45) is 0 Å². The summed E-state index contributed by atoms with van der Waals surface area (Å²) in [4.78, 5) is 12.8. The average Bonchev–Trinajstić information content (AvgIpc) is 2.88. The number of methoxy groups -OCH3 is 2. The van der Waals surface area contributed by atoms with Crippen LogP contribution in [0.4, 0.5) is 21.8 Å². The van der Waals surface area contributed by atoms with Crippen molar-refractivity contribution in [1.82, 2.24) is 15.0 Å². The molecule has 2 aromatic heterocycles. The van der Waals surface area contributed by atoms with Crippen molar-refractivity contribution in [3.05, 3.63) is 54.5 Å². The number of fused-ring (bicyclic) bond motifs is 1. The van der Waals surface area contributed by atoms with Gasteiger partial charge in [0.15, 0.2) is 11.5 Å². The van der Waals surface area contributed by atoms with Gasteiger partial charge in [0.25, 0.3) is 10.0 Å². The zero-order valence-electron chi connectivity index (χ0n) is 19.4. The molecule has 0 aliphatic carbocycles. The molecule has 10 nitrogen and oxygen atoms in total. The summed E-state index contributed by atoms with van der Waals surface area (Å²) in [5.41, 5.74) is 0.730. The fraction of sp³-hybridized carbons (Fsp3) is 0.174. The SMILES string of the molecule is CNc1ncc2cc(-c3cccc(NS(=O)(=O)c4cc(OC)ccc4OC)c3F)c(NC)nc2n1. The first kappa shape index (κ1) is 24.0. The van der Waals surface area contributed by atoms with Gasteiger partial charge < -0.3 is 20.1 Å². The molecular formula is C23H23FN6O4S. The number of nitrogens with one attached hydrogen (secondary N) is 3. The number of halogens is 1. The lowest BCUT2D eigenvalue weighted by atomic mass is 10.0. The third-order valence-corrected chi connectivity index (χ3v) is 6.61. The summed E-state index contributed by atoms with van der Waals surface area (Å²) in [7, 11) is 1.88. The Balaban J connectivity index is 1.79. The lowest BCUT2D eigenvalue weighted by molar-refractivity contribution is 0.392. The van der Waals surface area contributed by atoms with E-state index in [9.17, 15) is 8.42 Å². The lowest BCUT2D eigenvalue weighted by Gasteiger charge is -2.16. The highest BCUT2D eigenvalue weighted by Crippen LogP contribution is 2.36. The second-order valence-electron chi connectivity index (χ2n) is 7.28. The number of nitrogens with zero attached hydrogens (tertiary/aromatic N) is 3. The van der Waals surface area contributed by atoms with E-state index in [1.807, 2.05) is 0 Å². The normalized spacial score (nSPS) is 11.2. The molecule has 0 radical (unpaired) electrons. The predicted octanol–water partition coefficient (Wildman–Crippen LogP) is 3.73. The van der Waals surface area contributed by atoms with Crippen LogP contribution in [0.1, 0.15) is 0 Å². The number of hydrogen-bond acceptors (Lipinski definition) is 9. The molecule has 3 N–H and O–H groups in total. The van der Waals surface area contributed by atoms with Gasteiger partial charge in [-0.05, 0) is 24.3 Å². The van der Waals surface area contributed by atoms with Gasteiger partial charge in [-0.1, -0.05) is 12.1 Å². The Labute approximate surface area is 201 Å². The van der Waals surface area contributed by atoms with Crippen LogP contribution in [0.15, 0.2) is 53.6 Å². The van der Waals surface area contributed by atoms with Crippen LogP contribution in [0.25, 0.3) is 22.2 Å². The molecule has 182 valence electrons. The summed E-state index contributed by atoms with van der Waals surface area (Å²) in [5.74, 6) is 0.391. The zero-order valence-corrected chi connectivity index (χ0v) is 20.2. The summed E-state index contributed by atoms with van der Waals surface area (Å²) in [6.45, 7) is 0. The Kier molecular flexibility index (Phi) is 6.56. The average molecular weight is 499 g/mol. The van der Waals surface area contributed by atoms with E-state index in [0.29, 0.717) is 34.1 Å². The number of pyridine rings is 1. The molecular weight excluding hydrogens is 475 g/mol. The molecule has 4 aromatic rings. The minimum absolute atomic E-state index is 0.0898. The van der Waals surface area contributed by atoms with E-state index < -0.39 is 15.8 Å². The van der Waals surface area contributed by atoms with Crippen LogP contribution >= 0.6 is 0 Å². The summed E-state index contributed by atoms with van der Waals surface area (Å²) >= 11 is 0. The van der Waals surface area contributed by atoms with Gasteiger partial charge >= 0.3 is 0 Å². The molecule has 12 heteroatoms. The molecule has 0 fully saturated rings. The molecule has 2 aromatic carbocycles. The molecule has 4 rings (SSSR count). The minimum Gasteiger partial charge on any atom is -0.497 e. The first-order chi connectivity index (χ1) is 16.8. The van der Waals surface area contributed by atoms with Gasteiger partial charge in [-0.2, -0.15) is 4.98 Å². The largest absolute Gasteiger partial charge is 0.497 e. The van der Waals surface area contributed by atoms with Crippen molar-refractivity contribution in [3.63, 3.8) is 0 Å². The first-order valence-electron chi connectivity index (χ1n) is 10.4. The van der Waals surface area contributed by atoms with Crippen molar-refractivity contribution in [2.45, 2.75) is 4.90 Å². The second kappa shape index (κ2) is 9.58. The van der Waals surface area contributed by atoms with Crippen molar-refractivity contribution in [2.75, 3.05) is 43.7 Å². The summed E-state index contributed by atoms with van der Waals surface area (Å²) < 4.78 is 54.6. The molecule has 0 saturated heterocycles. The number of sulfonamides is 1. The van der Waals surface area contributed by atoms with E-state index in [4.69, 9.17) is 9.47 Å². The Morgan fingerprint density at radius 3 is 2.43 bits per heavy atom. The number of rotatable bonds is 8. The molecule has 35 heavy (non-hydrogen) atoms. The van der Waals surface area contributed by atoms with Gasteiger partial charge in [0.2, 0.25) is 5.95 Å². The smallest absolute Gasteiger partial charge is 0.265 e. The Morgan fingerprint density at radius 2 is 1.74 bits per heavy atom. The lowest BCUT2D eigenvalue weighted by Crippen LogP contribution is -2.15. The highest BCUT2D eigenvalue weighted by atomic mass is 32.2. The molecule has 0 unspecified atom stereocenters. The molecule has 0 bridgehead atoms. The maximum atomic E-state index is 15.7. The van der Waals surface area contributed by atoms with Crippen LogP contribution in [-0.2, 0) is 10.0 Å². The molecule has 0 spiro atoms. The number of hydrogen-bond donors (Lipinski definition) is 3. The highest BCUT2D eigenvalue weighted by Gasteiger charge is 2.24. The third-order valence-electron chi connectivity index (χ3n) is 5.22. The van der Waals surface area contributed by atoms with E-state index in [1.165, 1.54) is 38.5 Å². The summed E-state index contributed by atoms with van der Waals surface area (Å²) in [6.07, 6.45) is 1.57. The van der Waals surface area contributed by atoms with Crippen LogP contribution in [-0.4, -0.2) is 51.7 Å². The van der Waals surface area contributed by atoms with Crippen molar-refractivity contribution >= 4 is 38.5 Å². The minimum atomic E-state index is -4.22. The number of benzene rings is 2. The molecule has 0 aliphatic rings. The van der Waals surface area contributed by atoms with Gasteiger partial charge in [-0.15, -0.1) is 0 Å². The standard InChI is InChI=1S/C23H23FN6O4S/c1-25-22-16(10-13-12-27-23(26-2)29-21(13)28-22)15-6-5-7-17(20(15)24)30-35(31,32)19-11-14(33-3)8-9-18(19)34-4/h5-12,30H,1-4H3,(H2,25,26,27,28,29). The maximum Gasteiger partial charge on any atom is 0.265 e. The molecule has 2 heterocycles.